The third-order valence-corrected chi connectivity index (χ3v) is 8.45. The van der Waals surface area contributed by atoms with Gasteiger partial charge in [-0.05, 0) is 56.2 Å². The van der Waals surface area contributed by atoms with E-state index in [4.69, 9.17) is 5.73 Å². The lowest BCUT2D eigenvalue weighted by Gasteiger charge is -2.36. The number of rotatable bonds is 3. The van der Waals surface area contributed by atoms with Crippen molar-refractivity contribution in [3.63, 3.8) is 0 Å². The second kappa shape index (κ2) is 8.22. The van der Waals surface area contributed by atoms with Crippen molar-refractivity contribution in [3.05, 3.63) is 45.6 Å². The van der Waals surface area contributed by atoms with Crippen LogP contribution in [0.3, 0.4) is 0 Å². The molecule has 1 amide bonds. The van der Waals surface area contributed by atoms with Crippen molar-refractivity contribution in [2.45, 2.75) is 57.2 Å². The van der Waals surface area contributed by atoms with Crippen molar-refractivity contribution in [3.8, 4) is 6.07 Å². The fourth-order valence-corrected chi connectivity index (χ4v) is 6.74. The number of nitriles is 1. The van der Waals surface area contributed by atoms with Crippen LogP contribution in [0.5, 0.6) is 0 Å². The molecular weight excluding hydrogens is 446 g/mol. The van der Waals surface area contributed by atoms with Gasteiger partial charge in [-0.2, -0.15) is 5.26 Å². The molecule has 34 heavy (non-hydrogen) atoms. The molecule has 2 unspecified atom stereocenters. The van der Waals surface area contributed by atoms with Gasteiger partial charge in [0.2, 0.25) is 0 Å². The van der Waals surface area contributed by atoms with Crippen molar-refractivity contribution in [1.29, 1.82) is 5.26 Å². The molecule has 1 aromatic carbocycles. The summed E-state index contributed by atoms with van der Waals surface area (Å²) in [5.41, 5.74) is 12.2. The first-order valence-corrected chi connectivity index (χ1v) is 12.7. The summed E-state index contributed by atoms with van der Waals surface area (Å²) in [5.74, 6) is -0.179. The zero-order valence-corrected chi connectivity index (χ0v) is 19.9. The Morgan fingerprint density at radius 1 is 1.29 bits per heavy atom. The lowest BCUT2D eigenvalue weighted by atomic mass is 9.84. The van der Waals surface area contributed by atoms with Crippen LogP contribution in [0.1, 0.15) is 51.3 Å². The topological polar surface area (TPSA) is 120 Å². The van der Waals surface area contributed by atoms with Gasteiger partial charge in [-0.1, -0.05) is 6.07 Å². The Morgan fingerprint density at radius 2 is 2.09 bits per heavy atom. The van der Waals surface area contributed by atoms with Crippen molar-refractivity contribution in [2.24, 2.45) is 0 Å². The number of anilines is 2. The van der Waals surface area contributed by atoms with Crippen LogP contribution >= 0.6 is 11.3 Å². The van der Waals surface area contributed by atoms with Gasteiger partial charge in [0.1, 0.15) is 21.3 Å². The van der Waals surface area contributed by atoms with Crippen LogP contribution in [0.4, 0.5) is 11.4 Å². The number of carbonyl (C=O) groups is 1. The predicted octanol–water partition coefficient (Wildman–Crippen LogP) is 2.68. The summed E-state index contributed by atoms with van der Waals surface area (Å²) in [7, 11) is 0. The number of hydrogen-bond acceptors (Lipinski definition) is 8. The highest BCUT2D eigenvalue weighted by Crippen LogP contribution is 2.35. The Kier molecular flexibility index (Phi) is 5.15. The van der Waals surface area contributed by atoms with Crippen LogP contribution in [0, 0.1) is 18.3 Å². The van der Waals surface area contributed by atoms with E-state index in [9.17, 15) is 10.1 Å². The van der Waals surface area contributed by atoms with Crippen LogP contribution in [0.15, 0.2) is 18.3 Å². The molecule has 4 heterocycles. The summed E-state index contributed by atoms with van der Waals surface area (Å²) in [6.07, 6.45) is 6.38. The number of aromatic nitrogens is 2. The van der Waals surface area contributed by atoms with Crippen LogP contribution < -0.4 is 21.3 Å². The standard InChI is InChI=1S/C25H27N7OS/c1-13-10-28-22-21(27)23(34-25(22)29-13)24(33)31-15-5-6-18-14(8-15)2-7-20(19(18)9-26)32-11-16-3-4-17(12-32)30-16/h2,7,10,15-17,30H,3-6,8,11-12,27H2,1H3,(H,31,33)/t15-,16?,17?/m0/s1. The highest BCUT2D eigenvalue weighted by Gasteiger charge is 2.34. The fraction of sp³-hybridized carbons (Fsp3) is 0.440. The molecular formula is C25H27N7OS. The maximum absolute atomic E-state index is 13.1. The minimum atomic E-state index is -0.179. The first-order valence-electron chi connectivity index (χ1n) is 11.9. The minimum Gasteiger partial charge on any atom is -0.396 e. The van der Waals surface area contributed by atoms with Crippen LogP contribution in [-0.2, 0) is 12.8 Å². The number of benzene rings is 1. The van der Waals surface area contributed by atoms with Gasteiger partial charge in [0.05, 0.1) is 22.6 Å². The molecule has 8 nitrogen and oxygen atoms in total. The molecule has 174 valence electrons. The molecule has 3 atom stereocenters. The third kappa shape index (κ3) is 3.58. The summed E-state index contributed by atoms with van der Waals surface area (Å²) in [6, 6.07) is 7.81. The van der Waals surface area contributed by atoms with E-state index in [1.54, 1.807) is 6.20 Å². The molecule has 0 spiro atoms. The number of nitrogen functional groups attached to an aromatic ring is 1. The van der Waals surface area contributed by atoms with Gasteiger partial charge in [-0.3, -0.25) is 4.79 Å². The second-order valence-electron chi connectivity index (χ2n) is 9.68. The van der Waals surface area contributed by atoms with Crippen molar-refractivity contribution in [2.75, 3.05) is 23.7 Å². The SMILES string of the molecule is Cc1cnc2c(N)c(C(=O)N[C@H]3CCc4c(ccc(N5CC6CCC(C5)N6)c4C#N)C3)sc2n1. The lowest BCUT2D eigenvalue weighted by molar-refractivity contribution is 0.0938. The number of amides is 1. The second-order valence-corrected chi connectivity index (χ2v) is 10.7. The number of hydrogen-bond donors (Lipinski definition) is 3. The maximum Gasteiger partial charge on any atom is 0.263 e. The van der Waals surface area contributed by atoms with Gasteiger partial charge >= 0.3 is 0 Å². The average Bonchev–Trinajstić information content (AvgIpc) is 3.35. The predicted molar refractivity (Wildman–Crippen MR) is 133 cm³/mol. The van der Waals surface area contributed by atoms with Gasteiger partial charge in [-0.15, -0.1) is 11.3 Å². The molecule has 3 aliphatic rings. The van der Waals surface area contributed by atoms with Crippen LogP contribution in [0.25, 0.3) is 10.3 Å². The molecule has 2 bridgehead atoms. The Bertz CT molecular complexity index is 1330. The number of nitrogens with zero attached hydrogens (tertiary/aromatic N) is 4. The molecule has 9 heteroatoms. The number of piperazine rings is 1. The van der Waals surface area contributed by atoms with Crippen LogP contribution in [-0.4, -0.2) is 47.1 Å². The van der Waals surface area contributed by atoms with Gasteiger partial charge < -0.3 is 21.3 Å². The molecule has 2 saturated heterocycles. The van der Waals surface area contributed by atoms with E-state index in [0.717, 1.165) is 54.0 Å². The normalized spacial score (nSPS) is 23.5. The molecule has 2 aromatic heterocycles. The summed E-state index contributed by atoms with van der Waals surface area (Å²) in [5, 5.41) is 16.9. The summed E-state index contributed by atoms with van der Waals surface area (Å²) < 4.78 is 0. The monoisotopic (exact) mass is 473 g/mol. The number of aryl methyl sites for hydroxylation is 1. The molecule has 4 N–H and O–H groups in total. The molecule has 3 aromatic rings. The number of nitrogens with two attached hydrogens (primary N) is 1. The number of carbonyl (C=O) groups excluding carboxylic acids is 1. The summed E-state index contributed by atoms with van der Waals surface area (Å²) >= 11 is 1.29. The van der Waals surface area contributed by atoms with E-state index in [0.29, 0.717) is 39.4 Å². The quantitative estimate of drug-likeness (QED) is 0.535. The third-order valence-electron chi connectivity index (χ3n) is 7.37. The number of fused-ring (bicyclic) bond motifs is 4. The van der Waals surface area contributed by atoms with E-state index in [2.05, 4.69) is 43.7 Å². The molecule has 2 aliphatic heterocycles. The smallest absolute Gasteiger partial charge is 0.263 e. The van der Waals surface area contributed by atoms with Crippen molar-refractivity contribution < 1.29 is 4.79 Å². The molecule has 0 saturated carbocycles. The van der Waals surface area contributed by atoms with Crippen molar-refractivity contribution >= 4 is 39.0 Å². The lowest BCUT2D eigenvalue weighted by Crippen LogP contribution is -2.51. The van der Waals surface area contributed by atoms with Gasteiger partial charge in [0.25, 0.3) is 5.91 Å². The Balaban J connectivity index is 1.21. The first kappa shape index (κ1) is 21.3. The zero-order valence-electron chi connectivity index (χ0n) is 19.1. The zero-order chi connectivity index (χ0) is 23.4. The highest BCUT2D eigenvalue weighted by atomic mass is 32.1. The van der Waals surface area contributed by atoms with E-state index in [1.165, 1.54) is 24.2 Å². The minimum absolute atomic E-state index is 0.000286. The van der Waals surface area contributed by atoms with E-state index < -0.39 is 0 Å². The Hall–Kier alpha value is -3.22. The Morgan fingerprint density at radius 3 is 2.85 bits per heavy atom. The van der Waals surface area contributed by atoms with E-state index >= 15 is 0 Å². The maximum atomic E-state index is 13.1. The molecule has 0 radical (unpaired) electrons. The largest absolute Gasteiger partial charge is 0.396 e. The van der Waals surface area contributed by atoms with E-state index in [-0.39, 0.29) is 11.9 Å². The fourth-order valence-electron chi connectivity index (χ4n) is 5.74. The summed E-state index contributed by atoms with van der Waals surface area (Å²) in [4.78, 5) is 25.4. The molecule has 6 rings (SSSR count). The number of nitrogens with one attached hydrogen (secondary N) is 2. The first-order chi connectivity index (χ1) is 16.5. The molecule has 1 aliphatic carbocycles. The molecule has 2 fully saturated rings. The van der Waals surface area contributed by atoms with Gasteiger partial charge in [-0.25, -0.2) is 9.97 Å². The van der Waals surface area contributed by atoms with Gasteiger partial charge in [0, 0.05) is 37.4 Å². The van der Waals surface area contributed by atoms with Crippen LogP contribution in [0.2, 0.25) is 0 Å². The number of thiophene rings is 1. The van der Waals surface area contributed by atoms with Gasteiger partial charge in [0.15, 0.2) is 0 Å². The van der Waals surface area contributed by atoms with E-state index in [1.807, 2.05) is 6.92 Å². The highest BCUT2D eigenvalue weighted by molar-refractivity contribution is 7.21. The average molecular weight is 474 g/mol. The van der Waals surface area contributed by atoms with Crippen molar-refractivity contribution in [1.82, 2.24) is 20.6 Å². The Labute approximate surface area is 202 Å². The summed E-state index contributed by atoms with van der Waals surface area (Å²) in [6.45, 7) is 3.79.